The van der Waals surface area contributed by atoms with Gasteiger partial charge in [-0.1, -0.05) is 30.5 Å². The third kappa shape index (κ3) is 6.70. The fraction of sp³-hybridized carbons (Fsp3) is 0.684. The van der Waals surface area contributed by atoms with Crippen LogP contribution in [-0.2, 0) is 10.0 Å². The number of nitrogens with zero attached hydrogens (tertiary/aromatic N) is 1. The van der Waals surface area contributed by atoms with Gasteiger partial charge in [-0.25, -0.2) is 8.42 Å². The molecule has 1 rings (SSSR count). The Labute approximate surface area is 153 Å². The minimum atomic E-state index is -3.48. The molecule has 0 saturated carbocycles. The lowest BCUT2D eigenvalue weighted by atomic mass is 10.1. The number of nitrogens with two attached hydrogens (primary N) is 2. The number of hydrogen-bond acceptors (Lipinski definition) is 4. The topological polar surface area (TPSA) is 89.4 Å². The van der Waals surface area contributed by atoms with Gasteiger partial charge >= 0.3 is 0 Å². The number of hydrogen-bond donors (Lipinski definition) is 2. The minimum Gasteiger partial charge on any atom is -0.330 e. The summed E-state index contributed by atoms with van der Waals surface area (Å²) in [5, 5.41) is 0. The summed E-state index contributed by atoms with van der Waals surface area (Å²) in [6.45, 7) is 8.17. The van der Waals surface area contributed by atoms with Crippen LogP contribution in [0.2, 0.25) is 0 Å². The van der Waals surface area contributed by atoms with E-state index in [0.29, 0.717) is 31.1 Å². The summed E-state index contributed by atoms with van der Waals surface area (Å²) >= 11 is 0. The molecule has 0 fully saturated rings. The largest absolute Gasteiger partial charge is 0.330 e. The molecule has 0 heterocycles. The number of benzene rings is 1. The van der Waals surface area contributed by atoms with Crippen LogP contribution in [-0.4, -0.2) is 38.9 Å². The van der Waals surface area contributed by atoms with E-state index in [-0.39, 0.29) is 0 Å². The average Bonchev–Trinajstić information content (AvgIpc) is 2.51. The maximum atomic E-state index is 13.3. The quantitative estimate of drug-likeness (QED) is 0.554. The summed E-state index contributed by atoms with van der Waals surface area (Å²) in [7, 11) is -3.48. The molecular formula is C19H35N3O2S. The Morgan fingerprint density at radius 3 is 1.64 bits per heavy atom. The van der Waals surface area contributed by atoms with E-state index in [1.54, 1.807) is 4.31 Å². The van der Waals surface area contributed by atoms with E-state index in [1.165, 1.54) is 0 Å². The third-order valence-electron chi connectivity index (χ3n) is 4.43. The van der Waals surface area contributed by atoms with Crippen LogP contribution < -0.4 is 11.5 Å². The molecule has 5 nitrogen and oxygen atoms in total. The van der Waals surface area contributed by atoms with E-state index in [2.05, 4.69) is 0 Å². The van der Waals surface area contributed by atoms with Crippen molar-refractivity contribution < 1.29 is 8.42 Å². The van der Waals surface area contributed by atoms with Crippen molar-refractivity contribution in [1.29, 1.82) is 0 Å². The van der Waals surface area contributed by atoms with Crippen LogP contribution in [0.4, 0.5) is 0 Å². The first-order chi connectivity index (χ1) is 11.8. The van der Waals surface area contributed by atoms with Crippen LogP contribution >= 0.6 is 0 Å². The van der Waals surface area contributed by atoms with Crippen molar-refractivity contribution >= 4 is 10.0 Å². The highest BCUT2D eigenvalue weighted by Crippen LogP contribution is 2.26. The summed E-state index contributed by atoms with van der Waals surface area (Å²) < 4.78 is 28.2. The van der Waals surface area contributed by atoms with Gasteiger partial charge in [-0.15, -0.1) is 0 Å². The van der Waals surface area contributed by atoms with Gasteiger partial charge < -0.3 is 11.5 Å². The van der Waals surface area contributed by atoms with Gasteiger partial charge in [-0.3, -0.25) is 0 Å². The summed E-state index contributed by atoms with van der Waals surface area (Å²) in [5.41, 5.74) is 13.8. The molecule has 0 atom stereocenters. The highest BCUT2D eigenvalue weighted by Gasteiger charge is 2.27. The molecule has 144 valence electrons. The summed E-state index contributed by atoms with van der Waals surface area (Å²) in [6, 6.07) is 3.89. The first kappa shape index (κ1) is 22.1. The van der Waals surface area contributed by atoms with Crippen molar-refractivity contribution in [2.24, 2.45) is 11.5 Å². The third-order valence-corrected chi connectivity index (χ3v) is 6.63. The summed E-state index contributed by atoms with van der Waals surface area (Å²) in [6.07, 6.45) is 5.47. The molecule has 0 radical (unpaired) electrons. The van der Waals surface area contributed by atoms with E-state index in [4.69, 9.17) is 11.5 Å². The molecule has 0 bridgehead atoms. The van der Waals surface area contributed by atoms with Crippen LogP contribution in [0.3, 0.4) is 0 Å². The zero-order chi connectivity index (χ0) is 18.9. The smallest absolute Gasteiger partial charge is 0.243 e. The van der Waals surface area contributed by atoms with Crippen LogP contribution in [0.25, 0.3) is 0 Å². The molecule has 1 aromatic rings. The van der Waals surface area contributed by atoms with Crippen molar-refractivity contribution in [2.45, 2.75) is 64.2 Å². The van der Waals surface area contributed by atoms with E-state index >= 15 is 0 Å². The van der Waals surface area contributed by atoms with Gasteiger partial charge in [-0.05, 0) is 70.7 Å². The highest BCUT2D eigenvalue weighted by molar-refractivity contribution is 7.89. The second kappa shape index (κ2) is 10.9. The molecule has 0 saturated heterocycles. The zero-order valence-corrected chi connectivity index (χ0v) is 16.9. The Kier molecular flexibility index (Phi) is 9.64. The van der Waals surface area contributed by atoms with E-state index in [1.807, 2.05) is 32.9 Å². The number of rotatable bonds is 12. The molecule has 0 amide bonds. The van der Waals surface area contributed by atoms with Crippen molar-refractivity contribution in [3.05, 3.63) is 28.8 Å². The van der Waals surface area contributed by atoms with Gasteiger partial charge in [0, 0.05) is 13.1 Å². The SMILES string of the molecule is Cc1cc(C)c(S(=O)(=O)N(CCCCCN)CCCCCN)c(C)c1. The molecule has 0 aromatic heterocycles. The Morgan fingerprint density at radius 1 is 0.800 bits per heavy atom. The minimum absolute atomic E-state index is 0.468. The molecule has 0 spiro atoms. The Balaban J connectivity index is 3.00. The van der Waals surface area contributed by atoms with Gasteiger partial charge in [0.2, 0.25) is 10.0 Å². The maximum absolute atomic E-state index is 13.3. The lowest BCUT2D eigenvalue weighted by molar-refractivity contribution is 0.386. The second-order valence-corrected chi connectivity index (χ2v) is 8.71. The normalized spacial score (nSPS) is 12.1. The lowest BCUT2D eigenvalue weighted by Gasteiger charge is -2.24. The van der Waals surface area contributed by atoms with Gasteiger partial charge in [-0.2, -0.15) is 4.31 Å². The lowest BCUT2D eigenvalue weighted by Crippen LogP contribution is -2.34. The molecule has 0 aliphatic rings. The van der Waals surface area contributed by atoms with Crippen LogP contribution in [0.1, 0.15) is 55.2 Å². The van der Waals surface area contributed by atoms with E-state index < -0.39 is 10.0 Å². The molecule has 6 heteroatoms. The molecule has 0 aliphatic heterocycles. The van der Waals surface area contributed by atoms with Crippen molar-refractivity contribution in [1.82, 2.24) is 4.31 Å². The second-order valence-electron chi connectivity index (χ2n) is 6.83. The maximum Gasteiger partial charge on any atom is 0.243 e. The molecule has 0 aliphatic carbocycles. The fourth-order valence-corrected chi connectivity index (χ4v) is 5.20. The number of aryl methyl sites for hydroxylation is 3. The molecule has 1 aromatic carbocycles. The van der Waals surface area contributed by atoms with Crippen LogP contribution in [0, 0.1) is 20.8 Å². The fourth-order valence-electron chi connectivity index (χ4n) is 3.27. The Morgan fingerprint density at radius 2 is 1.24 bits per heavy atom. The summed E-state index contributed by atoms with van der Waals surface area (Å²) in [5.74, 6) is 0. The number of unbranched alkanes of at least 4 members (excludes halogenated alkanes) is 4. The van der Waals surface area contributed by atoms with Gasteiger partial charge in [0.05, 0.1) is 4.90 Å². The first-order valence-corrected chi connectivity index (χ1v) is 10.8. The monoisotopic (exact) mass is 369 g/mol. The summed E-state index contributed by atoms with van der Waals surface area (Å²) in [4.78, 5) is 0.468. The van der Waals surface area contributed by atoms with Crippen molar-refractivity contribution in [2.75, 3.05) is 26.2 Å². The van der Waals surface area contributed by atoms with Gasteiger partial charge in [0.1, 0.15) is 0 Å². The van der Waals surface area contributed by atoms with Gasteiger partial charge in [0.25, 0.3) is 0 Å². The molecule has 25 heavy (non-hydrogen) atoms. The molecule has 0 unspecified atom stereocenters. The van der Waals surface area contributed by atoms with Crippen molar-refractivity contribution in [3.8, 4) is 0 Å². The first-order valence-electron chi connectivity index (χ1n) is 9.32. The van der Waals surface area contributed by atoms with Crippen molar-refractivity contribution in [3.63, 3.8) is 0 Å². The van der Waals surface area contributed by atoms with E-state index in [0.717, 1.165) is 55.2 Å². The predicted molar refractivity (Wildman–Crippen MR) is 105 cm³/mol. The Hall–Kier alpha value is -0.950. The predicted octanol–water partition coefficient (Wildman–Crippen LogP) is 2.86. The molecule has 4 N–H and O–H groups in total. The average molecular weight is 370 g/mol. The van der Waals surface area contributed by atoms with Gasteiger partial charge in [0.15, 0.2) is 0 Å². The molecular weight excluding hydrogens is 334 g/mol. The van der Waals surface area contributed by atoms with Crippen LogP contribution in [0.5, 0.6) is 0 Å². The standard InChI is InChI=1S/C19H35N3O2S/c1-16-14-17(2)19(18(3)15-16)25(23,24)22(12-8-4-6-10-20)13-9-5-7-11-21/h14-15H,4-13,20-21H2,1-3H3. The highest BCUT2D eigenvalue weighted by atomic mass is 32.2. The zero-order valence-electron chi connectivity index (χ0n) is 16.1. The van der Waals surface area contributed by atoms with Crippen LogP contribution in [0.15, 0.2) is 17.0 Å². The van der Waals surface area contributed by atoms with E-state index in [9.17, 15) is 8.42 Å². The Bertz CT molecular complexity index is 595. The number of sulfonamides is 1.